The molecule has 1 aromatic carbocycles. The maximum atomic E-state index is 12.2. The van der Waals surface area contributed by atoms with Crippen LogP contribution >= 0.6 is 0 Å². The molecule has 2 amide bonds. The standard InChI is InChI=1S/C16H20N2O2/c1-5-11(3)15(17-12(4)19)16(20)18-14-9-7-13(6-2)8-10-14/h2,7-11,15H,5H2,1,3-4H3,(H,17,19)(H,18,20)/t11-,15-/m0/s1. The van der Waals surface area contributed by atoms with E-state index in [2.05, 4.69) is 16.6 Å². The predicted octanol–water partition coefficient (Wildman–Crippen LogP) is 2.16. The molecule has 0 aromatic heterocycles. The molecule has 0 saturated heterocycles. The van der Waals surface area contributed by atoms with Crippen LogP contribution in [-0.2, 0) is 9.59 Å². The molecule has 0 saturated carbocycles. The van der Waals surface area contributed by atoms with Crippen molar-refractivity contribution in [1.82, 2.24) is 5.32 Å². The number of terminal acetylenes is 1. The lowest BCUT2D eigenvalue weighted by atomic mass is 9.98. The van der Waals surface area contributed by atoms with Crippen LogP contribution in [0.3, 0.4) is 0 Å². The van der Waals surface area contributed by atoms with E-state index in [0.717, 1.165) is 12.0 Å². The van der Waals surface area contributed by atoms with Gasteiger partial charge in [0.2, 0.25) is 11.8 Å². The minimum Gasteiger partial charge on any atom is -0.344 e. The molecule has 0 aliphatic rings. The molecule has 1 aromatic rings. The van der Waals surface area contributed by atoms with Crippen LogP contribution in [0.15, 0.2) is 24.3 Å². The molecule has 0 unspecified atom stereocenters. The molecule has 0 aliphatic carbocycles. The van der Waals surface area contributed by atoms with Gasteiger partial charge in [-0.1, -0.05) is 26.2 Å². The molecule has 20 heavy (non-hydrogen) atoms. The third-order valence-electron chi connectivity index (χ3n) is 3.17. The molecule has 0 spiro atoms. The molecule has 4 heteroatoms. The molecular formula is C16H20N2O2. The lowest BCUT2D eigenvalue weighted by Gasteiger charge is -2.22. The molecule has 4 nitrogen and oxygen atoms in total. The van der Waals surface area contributed by atoms with Crippen LogP contribution in [-0.4, -0.2) is 17.9 Å². The van der Waals surface area contributed by atoms with Gasteiger partial charge < -0.3 is 10.6 Å². The fourth-order valence-electron chi connectivity index (χ4n) is 1.79. The summed E-state index contributed by atoms with van der Waals surface area (Å²) in [6, 6.07) is 6.46. The number of amides is 2. The first-order chi connectivity index (χ1) is 9.47. The average Bonchev–Trinajstić information content (AvgIpc) is 2.44. The van der Waals surface area contributed by atoms with E-state index in [1.54, 1.807) is 24.3 Å². The predicted molar refractivity (Wildman–Crippen MR) is 80.1 cm³/mol. The Balaban J connectivity index is 2.79. The van der Waals surface area contributed by atoms with Gasteiger partial charge >= 0.3 is 0 Å². The van der Waals surface area contributed by atoms with Crippen LogP contribution in [0.1, 0.15) is 32.8 Å². The van der Waals surface area contributed by atoms with E-state index in [9.17, 15) is 9.59 Å². The van der Waals surface area contributed by atoms with E-state index in [4.69, 9.17) is 6.42 Å². The quantitative estimate of drug-likeness (QED) is 0.807. The number of carbonyl (C=O) groups is 2. The van der Waals surface area contributed by atoms with Crippen molar-refractivity contribution in [3.63, 3.8) is 0 Å². The van der Waals surface area contributed by atoms with Crippen molar-refractivity contribution in [3.05, 3.63) is 29.8 Å². The number of benzene rings is 1. The van der Waals surface area contributed by atoms with Crippen LogP contribution in [0.5, 0.6) is 0 Å². The smallest absolute Gasteiger partial charge is 0.247 e. The highest BCUT2D eigenvalue weighted by atomic mass is 16.2. The lowest BCUT2D eigenvalue weighted by molar-refractivity contribution is -0.126. The first kappa shape index (κ1) is 15.8. The molecule has 106 valence electrons. The number of anilines is 1. The lowest BCUT2D eigenvalue weighted by Crippen LogP contribution is -2.46. The zero-order chi connectivity index (χ0) is 15.1. The second-order valence-corrected chi connectivity index (χ2v) is 4.77. The normalized spacial score (nSPS) is 12.9. The van der Waals surface area contributed by atoms with Crippen molar-refractivity contribution in [3.8, 4) is 12.3 Å². The summed E-state index contributed by atoms with van der Waals surface area (Å²) in [7, 11) is 0. The van der Waals surface area contributed by atoms with Gasteiger partial charge in [0.05, 0.1) is 0 Å². The molecule has 0 fully saturated rings. The highest BCUT2D eigenvalue weighted by Gasteiger charge is 2.24. The van der Waals surface area contributed by atoms with Crippen molar-refractivity contribution in [1.29, 1.82) is 0 Å². The van der Waals surface area contributed by atoms with E-state index < -0.39 is 6.04 Å². The average molecular weight is 272 g/mol. The Morgan fingerprint density at radius 2 is 1.90 bits per heavy atom. The molecular weight excluding hydrogens is 252 g/mol. The van der Waals surface area contributed by atoms with Crippen LogP contribution in [0.4, 0.5) is 5.69 Å². The second-order valence-electron chi connectivity index (χ2n) is 4.77. The third-order valence-corrected chi connectivity index (χ3v) is 3.17. The van der Waals surface area contributed by atoms with Crippen LogP contribution < -0.4 is 10.6 Å². The summed E-state index contributed by atoms with van der Waals surface area (Å²) in [6.45, 7) is 5.32. The minimum absolute atomic E-state index is 0.0591. The van der Waals surface area contributed by atoms with Gasteiger partial charge in [0, 0.05) is 18.2 Å². The highest BCUT2D eigenvalue weighted by molar-refractivity contribution is 5.97. The van der Waals surface area contributed by atoms with Gasteiger partial charge in [-0.25, -0.2) is 0 Å². The fourth-order valence-corrected chi connectivity index (χ4v) is 1.79. The number of rotatable bonds is 5. The van der Waals surface area contributed by atoms with E-state index in [1.165, 1.54) is 6.92 Å². The summed E-state index contributed by atoms with van der Waals surface area (Å²) in [5.74, 6) is 2.14. The van der Waals surface area contributed by atoms with Gasteiger partial charge in [-0.2, -0.15) is 0 Å². The van der Waals surface area contributed by atoms with Crippen molar-refractivity contribution < 1.29 is 9.59 Å². The Labute approximate surface area is 120 Å². The van der Waals surface area contributed by atoms with E-state index in [-0.39, 0.29) is 17.7 Å². The third kappa shape index (κ3) is 4.43. The molecule has 0 heterocycles. The van der Waals surface area contributed by atoms with Crippen LogP contribution in [0.25, 0.3) is 0 Å². The fraction of sp³-hybridized carbons (Fsp3) is 0.375. The number of hydrogen-bond donors (Lipinski definition) is 2. The zero-order valence-corrected chi connectivity index (χ0v) is 12.1. The van der Waals surface area contributed by atoms with E-state index in [1.807, 2.05) is 13.8 Å². The van der Waals surface area contributed by atoms with Gasteiger partial charge in [-0.15, -0.1) is 6.42 Å². The number of hydrogen-bond acceptors (Lipinski definition) is 2. The summed E-state index contributed by atoms with van der Waals surface area (Å²) in [5, 5.41) is 5.48. The molecule has 1 rings (SSSR count). The van der Waals surface area contributed by atoms with Crippen molar-refractivity contribution in [2.75, 3.05) is 5.32 Å². The van der Waals surface area contributed by atoms with E-state index >= 15 is 0 Å². The summed E-state index contributed by atoms with van der Waals surface area (Å²) >= 11 is 0. The summed E-state index contributed by atoms with van der Waals surface area (Å²) < 4.78 is 0. The van der Waals surface area contributed by atoms with Crippen molar-refractivity contribution in [2.24, 2.45) is 5.92 Å². The monoisotopic (exact) mass is 272 g/mol. The Morgan fingerprint density at radius 3 is 2.35 bits per heavy atom. The molecule has 0 bridgehead atoms. The number of carbonyl (C=O) groups excluding carboxylic acids is 2. The Morgan fingerprint density at radius 1 is 1.30 bits per heavy atom. The molecule has 2 N–H and O–H groups in total. The second kappa shape index (κ2) is 7.34. The van der Waals surface area contributed by atoms with Gasteiger partial charge in [0.25, 0.3) is 0 Å². The van der Waals surface area contributed by atoms with Crippen molar-refractivity contribution in [2.45, 2.75) is 33.2 Å². The number of nitrogens with one attached hydrogen (secondary N) is 2. The molecule has 2 atom stereocenters. The minimum atomic E-state index is -0.537. The van der Waals surface area contributed by atoms with Crippen LogP contribution in [0.2, 0.25) is 0 Å². The zero-order valence-electron chi connectivity index (χ0n) is 12.1. The Bertz CT molecular complexity index is 514. The van der Waals surface area contributed by atoms with Crippen molar-refractivity contribution >= 4 is 17.5 Å². The highest BCUT2D eigenvalue weighted by Crippen LogP contribution is 2.13. The first-order valence-corrected chi connectivity index (χ1v) is 6.62. The van der Waals surface area contributed by atoms with Crippen LogP contribution in [0, 0.1) is 18.3 Å². The summed E-state index contributed by atoms with van der Waals surface area (Å²) in [4.78, 5) is 23.4. The summed E-state index contributed by atoms with van der Waals surface area (Å²) in [6.07, 6.45) is 6.08. The molecule has 0 aliphatic heterocycles. The van der Waals surface area contributed by atoms with E-state index in [0.29, 0.717) is 5.69 Å². The van der Waals surface area contributed by atoms with Gasteiger partial charge in [0.15, 0.2) is 0 Å². The largest absolute Gasteiger partial charge is 0.344 e. The topological polar surface area (TPSA) is 58.2 Å². The first-order valence-electron chi connectivity index (χ1n) is 6.62. The Hall–Kier alpha value is -2.28. The SMILES string of the molecule is C#Cc1ccc(NC(=O)[C@@H](NC(C)=O)[C@@H](C)CC)cc1. The van der Waals surface area contributed by atoms with Gasteiger partial charge in [0.1, 0.15) is 6.04 Å². The maximum absolute atomic E-state index is 12.2. The van der Waals surface area contributed by atoms with Gasteiger partial charge in [-0.05, 0) is 30.2 Å². The summed E-state index contributed by atoms with van der Waals surface area (Å²) in [5.41, 5.74) is 1.41. The molecule has 0 radical (unpaired) electrons. The Kier molecular flexibility index (Phi) is 5.79. The van der Waals surface area contributed by atoms with Gasteiger partial charge in [-0.3, -0.25) is 9.59 Å². The maximum Gasteiger partial charge on any atom is 0.247 e.